The van der Waals surface area contributed by atoms with Gasteiger partial charge in [0.15, 0.2) is 0 Å². The number of carboxylic acid groups (broad SMARTS) is 1. The predicted octanol–water partition coefficient (Wildman–Crippen LogP) is 0.968. The summed E-state index contributed by atoms with van der Waals surface area (Å²) in [5.41, 5.74) is 0.415. The van der Waals surface area contributed by atoms with Gasteiger partial charge in [0.05, 0.1) is 6.20 Å². The number of hydrogen-bond donors (Lipinski definition) is 2. The van der Waals surface area contributed by atoms with Crippen LogP contribution in [0.3, 0.4) is 0 Å². The summed E-state index contributed by atoms with van der Waals surface area (Å²) in [5, 5.41) is 14.6. The van der Waals surface area contributed by atoms with Gasteiger partial charge in [-0.1, -0.05) is 5.16 Å². The van der Waals surface area contributed by atoms with Crippen molar-refractivity contribution in [3.63, 3.8) is 0 Å². The smallest absolute Gasteiger partial charge is 0.303 e. The first-order valence-electron chi connectivity index (χ1n) is 5.02. The second-order valence-electron chi connectivity index (χ2n) is 3.40. The van der Waals surface area contributed by atoms with E-state index >= 15 is 0 Å². The fourth-order valence-corrected chi connectivity index (χ4v) is 1.22. The molecule has 0 saturated heterocycles. The van der Waals surface area contributed by atoms with Crippen LogP contribution in [-0.2, 0) is 4.79 Å². The maximum atomic E-state index is 11.5. The van der Waals surface area contributed by atoms with Crippen LogP contribution in [0.25, 0.3) is 0 Å². The first kappa shape index (κ1) is 12.2. The van der Waals surface area contributed by atoms with Crippen LogP contribution >= 0.6 is 0 Å². The van der Waals surface area contributed by atoms with Crippen LogP contribution in [0.15, 0.2) is 10.7 Å². The van der Waals surface area contributed by atoms with Crippen molar-refractivity contribution >= 4 is 11.9 Å². The summed E-state index contributed by atoms with van der Waals surface area (Å²) in [7, 11) is 0. The molecule has 0 unspecified atom stereocenters. The van der Waals surface area contributed by atoms with Crippen LogP contribution in [0, 0.1) is 6.92 Å². The lowest BCUT2D eigenvalue weighted by molar-refractivity contribution is -0.137. The Balaban J connectivity index is 2.21. The minimum Gasteiger partial charge on any atom is -0.481 e. The Hall–Kier alpha value is -1.85. The Labute approximate surface area is 92.6 Å². The number of aryl methyl sites for hydroxylation is 1. The third-order valence-electron chi connectivity index (χ3n) is 2.10. The molecule has 1 aromatic rings. The van der Waals surface area contributed by atoms with Crippen molar-refractivity contribution in [3.8, 4) is 0 Å². The van der Waals surface area contributed by atoms with E-state index in [1.807, 2.05) is 0 Å². The molecule has 88 valence electrons. The van der Waals surface area contributed by atoms with Gasteiger partial charge in [0, 0.05) is 13.0 Å². The number of rotatable bonds is 6. The second kappa shape index (κ2) is 5.89. The van der Waals surface area contributed by atoms with E-state index in [2.05, 4.69) is 10.5 Å². The third kappa shape index (κ3) is 3.72. The maximum Gasteiger partial charge on any atom is 0.303 e. The molecule has 6 nitrogen and oxygen atoms in total. The monoisotopic (exact) mass is 226 g/mol. The molecule has 0 aliphatic heterocycles. The van der Waals surface area contributed by atoms with Crippen molar-refractivity contribution in [1.29, 1.82) is 0 Å². The van der Waals surface area contributed by atoms with Crippen molar-refractivity contribution in [2.24, 2.45) is 0 Å². The van der Waals surface area contributed by atoms with Crippen LogP contribution in [-0.4, -0.2) is 28.7 Å². The number of carboxylic acids is 1. The number of amides is 1. The van der Waals surface area contributed by atoms with E-state index in [4.69, 9.17) is 9.63 Å². The van der Waals surface area contributed by atoms with Gasteiger partial charge < -0.3 is 14.9 Å². The summed E-state index contributed by atoms with van der Waals surface area (Å²) in [6.07, 6.45) is 2.69. The SMILES string of the molecule is Cc1oncc1C(=O)NCCCCC(=O)O. The molecule has 0 fully saturated rings. The van der Waals surface area contributed by atoms with Crippen LogP contribution < -0.4 is 5.32 Å². The minimum absolute atomic E-state index is 0.127. The molecule has 16 heavy (non-hydrogen) atoms. The topological polar surface area (TPSA) is 92.4 Å². The zero-order valence-electron chi connectivity index (χ0n) is 9.02. The predicted molar refractivity (Wildman–Crippen MR) is 55.1 cm³/mol. The number of unbranched alkanes of at least 4 members (excludes halogenated alkanes) is 1. The molecule has 2 N–H and O–H groups in total. The summed E-state index contributed by atoms with van der Waals surface area (Å²) in [6, 6.07) is 0. The molecule has 0 bridgehead atoms. The zero-order chi connectivity index (χ0) is 12.0. The second-order valence-corrected chi connectivity index (χ2v) is 3.40. The highest BCUT2D eigenvalue weighted by molar-refractivity contribution is 5.94. The maximum absolute atomic E-state index is 11.5. The zero-order valence-corrected chi connectivity index (χ0v) is 9.02. The van der Waals surface area contributed by atoms with Crippen LogP contribution in [0.4, 0.5) is 0 Å². The fourth-order valence-electron chi connectivity index (χ4n) is 1.22. The Morgan fingerprint density at radius 3 is 2.81 bits per heavy atom. The molecule has 0 saturated carbocycles. The highest BCUT2D eigenvalue weighted by Crippen LogP contribution is 2.05. The summed E-state index contributed by atoms with van der Waals surface area (Å²) < 4.78 is 4.76. The van der Waals surface area contributed by atoms with Gasteiger partial charge in [-0.25, -0.2) is 0 Å². The van der Waals surface area contributed by atoms with E-state index in [0.717, 1.165) is 0 Å². The summed E-state index contributed by atoms with van der Waals surface area (Å²) >= 11 is 0. The highest BCUT2D eigenvalue weighted by Gasteiger charge is 2.11. The van der Waals surface area contributed by atoms with Crippen LogP contribution in [0.1, 0.15) is 35.4 Å². The minimum atomic E-state index is -0.818. The number of aliphatic carboxylic acids is 1. The molecule has 0 spiro atoms. The van der Waals surface area contributed by atoms with Crippen LogP contribution in [0.2, 0.25) is 0 Å². The van der Waals surface area contributed by atoms with Gasteiger partial charge in [-0.2, -0.15) is 0 Å². The number of carbonyl (C=O) groups is 2. The van der Waals surface area contributed by atoms with E-state index in [0.29, 0.717) is 30.7 Å². The lowest BCUT2D eigenvalue weighted by Crippen LogP contribution is -2.24. The fraction of sp³-hybridized carbons (Fsp3) is 0.500. The lowest BCUT2D eigenvalue weighted by atomic mass is 10.2. The summed E-state index contributed by atoms with van der Waals surface area (Å²) in [5.74, 6) is -0.585. The standard InChI is InChI=1S/C10H14N2O4/c1-7-8(6-12-16-7)10(15)11-5-3-2-4-9(13)14/h6H,2-5H2,1H3,(H,11,15)(H,13,14). The highest BCUT2D eigenvalue weighted by atomic mass is 16.5. The third-order valence-corrected chi connectivity index (χ3v) is 2.10. The van der Waals surface area contributed by atoms with E-state index in [9.17, 15) is 9.59 Å². The Morgan fingerprint density at radius 1 is 1.50 bits per heavy atom. The molecule has 0 aromatic carbocycles. The largest absolute Gasteiger partial charge is 0.481 e. The Morgan fingerprint density at radius 2 is 2.25 bits per heavy atom. The first-order valence-corrected chi connectivity index (χ1v) is 5.02. The molecule has 1 amide bonds. The van der Waals surface area contributed by atoms with Gasteiger partial charge in [0.25, 0.3) is 5.91 Å². The molecular formula is C10H14N2O4. The summed E-state index contributed by atoms with van der Waals surface area (Å²) in [4.78, 5) is 21.7. The summed E-state index contributed by atoms with van der Waals surface area (Å²) in [6.45, 7) is 2.11. The quantitative estimate of drug-likeness (QED) is 0.705. The van der Waals surface area contributed by atoms with Gasteiger partial charge in [-0.05, 0) is 19.8 Å². The molecular weight excluding hydrogens is 212 g/mol. The van der Waals surface area contributed by atoms with E-state index in [1.54, 1.807) is 6.92 Å². The van der Waals surface area contributed by atoms with E-state index in [-0.39, 0.29) is 12.3 Å². The molecule has 0 radical (unpaired) electrons. The average molecular weight is 226 g/mol. The molecule has 0 aliphatic rings. The molecule has 0 aliphatic carbocycles. The van der Waals surface area contributed by atoms with Gasteiger partial charge in [0.2, 0.25) is 0 Å². The van der Waals surface area contributed by atoms with Crippen molar-refractivity contribution in [1.82, 2.24) is 10.5 Å². The van der Waals surface area contributed by atoms with Gasteiger partial charge in [-0.15, -0.1) is 0 Å². The lowest BCUT2D eigenvalue weighted by Gasteiger charge is -2.02. The van der Waals surface area contributed by atoms with Crippen molar-refractivity contribution in [2.45, 2.75) is 26.2 Å². The molecule has 1 rings (SSSR count). The molecule has 1 aromatic heterocycles. The first-order chi connectivity index (χ1) is 7.61. The number of carbonyl (C=O) groups excluding carboxylic acids is 1. The van der Waals surface area contributed by atoms with Gasteiger partial charge >= 0.3 is 5.97 Å². The molecule has 0 atom stereocenters. The number of nitrogens with zero attached hydrogens (tertiary/aromatic N) is 1. The average Bonchev–Trinajstić information content (AvgIpc) is 2.63. The van der Waals surface area contributed by atoms with Crippen molar-refractivity contribution in [3.05, 3.63) is 17.5 Å². The number of hydrogen-bond acceptors (Lipinski definition) is 4. The van der Waals surface area contributed by atoms with Gasteiger partial charge in [-0.3, -0.25) is 9.59 Å². The molecule has 1 heterocycles. The van der Waals surface area contributed by atoms with E-state index in [1.165, 1.54) is 6.20 Å². The van der Waals surface area contributed by atoms with Gasteiger partial charge in [0.1, 0.15) is 11.3 Å². The normalized spacial score (nSPS) is 10.1. The Kier molecular flexibility index (Phi) is 4.50. The van der Waals surface area contributed by atoms with E-state index < -0.39 is 5.97 Å². The van der Waals surface area contributed by atoms with Crippen molar-refractivity contribution < 1.29 is 19.2 Å². The van der Waals surface area contributed by atoms with Crippen LogP contribution in [0.5, 0.6) is 0 Å². The molecule has 6 heteroatoms. The Bertz CT molecular complexity index is 373. The number of aromatic nitrogens is 1. The number of nitrogens with one attached hydrogen (secondary N) is 1. The van der Waals surface area contributed by atoms with Crippen molar-refractivity contribution in [2.75, 3.05) is 6.54 Å².